The van der Waals surface area contributed by atoms with Crippen LogP contribution >= 0.6 is 12.4 Å². The zero-order chi connectivity index (χ0) is 17.1. The lowest BCUT2D eigenvalue weighted by Gasteiger charge is -2.34. The predicted molar refractivity (Wildman–Crippen MR) is 93.8 cm³/mol. The van der Waals surface area contributed by atoms with Crippen LogP contribution in [0.5, 0.6) is 0 Å². The van der Waals surface area contributed by atoms with E-state index in [-0.39, 0.29) is 49.7 Å². The van der Waals surface area contributed by atoms with Gasteiger partial charge in [-0.3, -0.25) is 24.2 Å². The summed E-state index contributed by atoms with van der Waals surface area (Å²) in [6.45, 7) is 3.55. The smallest absolute Gasteiger partial charge is 0.261 e. The lowest BCUT2D eigenvalue weighted by atomic mass is 10.1. The highest BCUT2D eigenvalue weighted by Gasteiger charge is 2.35. The Labute approximate surface area is 152 Å². The van der Waals surface area contributed by atoms with Crippen molar-refractivity contribution in [1.29, 1.82) is 0 Å². The minimum atomic E-state index is -0.323. The average Bonchev–Trinajstić information content (AvgIpc) is 2.85. The number of fused-ring (bicyclic) bond motifs is 1. The van der Waals surface area contributed by atoms with Crippen molar-refractivity contribution >= 4 is 30.1 Å². The number of imide groups is 1. The molecule has 0 aliphatic carbocycles. The highest BCUT2D eigenvalue weighted by Crippen LogP contribution is 2.22. The number of aliphatic hydroxyl groups is 1. The molecule has 0 atom stereocenters. The molecule has 8 heteroatoms. The Morgan fingerprint density at radius 1 is 0.960 bits per heavy atom. The van der Waals surface area contributed by atoms with E-state index in [0.717, 1.165) is 18.0 Å². The van der Waals surface area contributed by atoms with Gasteiger partial charge in [-0.15, -0.1) is 12.4 Å². The lowest BCUT2D eigenvalue weighted by molar-refractivity contribution is -0.133. The predicted octanol–water partition coefficient (Wildman–Crippen LogP) is 0.231. The molecule has 0 radical (unpaired) electrons. The number of rotatable bonds is 5. The molecule has 1 saturated heterocycles. The SMILES string of the molecule is Cl.O=C(CCN1C(=O)c2ccccc2C1=O)N1CCN(CCO)CC1. The molecule has 136 valence electrons. The molecule has 3 amide bonds. The van der Waals surface area contributed by atoms with Crippen molar-refractivity contribution in [2.24, 2.45) is 0 Å². The number of benzene rings is 1. The first-order valence-corrected chi connectivity index (χ1v) is 8.18. The topological polar surface area (TPSA) is 81.2 Å². The van der Waals surface area contributed by atoms with Gasteiger partial charge in [-0.1, -0.05) is 12.1 Å². The maximum absolute atomic E-state index is 12.3. The molecular weight excluding hydrogens is 346 g/mol. The fourth-order valence-corrected chi connectivity index (χ4v) is 3.17. The second kappa shape index (κ2) is 8.42. The molecule has 0 saturated carbocycles. The maximum Gasteiger partial charge on any atom is 0.261 e. The monoisotopic (exact) mass is 367 g/mol. The molecule has 3 rings (SSSR count). The van der Waals surface area contributed by atoms with Crippen molar-refractivity contribution in [2.75, 3.05) is 45.9 Å². The van der Waals surface area contributed by atoms with Crippen molar-refractivity contribution < 1.29 is 19.5 Å². The Balaban J connectivity index is 0.00000225. The van der Waals surface area contributed by atoms with Crippen molar-refractivity contribution in [3.63, 3.8) is 0 Å². The average molecular weight is 368 g/mol. The van der Waals surface area contributed by atoms with Gasteiger partial charge in [0.15, 0.2) is 0 Å². The van der Waals surface area contributed by atoms with E-state index in [1.54, 1.807) is 29.2 Å². The molecule has 1 N–H and O–H groups in total. The van der Waals surface area contributed by atoms with E-state index in [2.05, 4.69) is 4.90 Å². The van der Waals surface area contributed by atoms with E-state index in [4.69, 9.17) is 5.11 Å². The van der Waals surface area contributed by atoms with Gasteiger partial charge in [-0.2, -0.15) is 0 Å². The first-order chi connectivity index (χ1) is 11.6. The highest BCUT2D eigenvalue weighted by molar-refractivity contribution is 6.21. The molecule has 1 fully saturated rings. The summed E-state index contributed by atoms with van der Waals surface area (Å²) in [5.41, 5.74) is 0.820. The van der Waals surface area contributed by atoms with Crippen LogP contribution in [-0.2, 0) is 4.79 Å². The van der Waals surface area contributed by atoms with Gasteiger partial charge in [0.25, 0.3) is 11.8 Å². The number of aliphatic hydroxyl groups excluding tert-OH is 1. The quantitative estimate of drug-likeness (QED) is 0.753. The molecule has 7 nitrogen and oxygen atoms in total. The molecule has 0 bridgehead atoms. The normalized spacial score (nSPS) is 17.5. The van der Waals surface area contributed by atoms with E-state index >= 15 is 0 Å². The number of nitrogens with zero attached hydrogens (tertiary/aromatic N) is 3. The largest absolute Gasteiger partial charge is 0.395 e. The fourth-order valence-electron chi connectivity index (χ4n) is 3.17. The summed E-state index contributed by atoms with van der Waals surface area (Å²) in [4.78, 5) is 41.9. The third-order valence-corrected chi connectivity index (χ3v) is 4.57. The first kappa shape index (κ1) is 19.4. The standard InChI is InChI=1S/C17H21N3O4.ClH/c21-12-11-18-7-9-19(10-8-18)15(22)5-6-20-16(23)13-3-1-2-4-14(13)17(20)24;/h1-4,21H,5-12H2;1H. The highest BCUT2D eigenvalue weighted by atomic mass is 35.5. The summed E-state index contributed by atoms with van der Waals surface area (Å²) >= 11 is 0. The van der Waals surface area contributed by atoms with E-state index in [9.17, 15) is 14.4 Å². The van der Waals surface area contributed by atoms with E-state index in [1.807, 2.05) is 0 Å². The van der Waals surface area contributed by atoms with E-state index < -0.39 is 0 Å². The lowest BCUT2D eigenvalue weighted by Crippen LogP contribution is -2.49. The molecule has 0 unspecified atom stereocenters. The Morgan fingerprint density at radius 3 is 2.04 bits per heavy atom. The molecule has 1 aromatic rings. The van der Waals surface area contributed by atoms with Crippen molar-refractivity contribution in [3.8, 4) is 0 Å². The molecular formula is C17H22ClN3O4. The Bertz CT molecular complexity index is 624. The summed E-state index contributed by atoms with van der Waals surface area (Å²) in [5, 5.41) is 8.93. The van der Waals surface area contributed by atoms with Gasteiger partial charge < -0.3 is 10.0 Å². The molecule has 0 aromatic heterocycles. The summed E-state index contributed by atoms with van der Waals surface area (Å²) in [7, 11) is 0. The van der Waals surface area contributed by atoms with E-state index in [1.165, 1.54) is 0 Å². The number of piperazine rings is 1. The Morgan fingerprint density at radius 2 is 1.52 bits per heavy atom. The van der Waals surface area contributed by atoms with Gasteiger partial charge in [0.05, 0.1) is 17.7 Å². The Hall–Kier alpha value is -1.96. The number of hydrogen-bond donors (Lipinski definition) is 1. The van der Waals surface area contributed by atoms with Crippen LogP contribution in [-0.4, -0.2) is 83.4 Å². The second-order valence-electron chi connectivity index (χ2n) is 6.00. The van der Waals surface area contributed by atoms with Gasteiger partial charge in [0.2, 0.25) is 5.91 Å². The van der Waals surface area contributed by atoms with Crippen LogP contribution in [0, 0.1) is 0 Å². The number of amides is 3. The summed E-state index contributed by atoms with van der Waals surface area (Å²) in [6, 6.07) is 6.73. The maximum atomic E-state index is 12.3. The van der Waals surface area contributed by atoms with Crippen LogP contribution in [0.1, 0.15) is 27.1 Å². The summed E-state index contributed by atoms with van der Waals surface area (Å²) in [6.07, 6.45) is 0.144. The van der Waals surface area contributed by atoms with Crippen molar-refractivity contribution in [1.82, 2.24) is 14.7 Å². The van der Waals surface area contributed by atoms with Crippen LogP contribution in [0.4, 0.5) is 0 Å². The molecule has 0 spiro atoms. The van der Waals surface area contributed by atoms with Crippen LogP contribution in [0.2, 0.25) is 0 Å². The fraction of sp³-hybridized carbons (Fsp3) is 0.471. The van der Waals surface area contributed by atoms with Gasteiger partial charge in [0, 0.05) is 45.7 Å². The number of carbonyl (C=O) groups excluding carboxylic acids is 3. The van der Waals surface area contributed by atoms with Crippen molar-refractivity contribution in [2.45, 2.75) is 6.42 Å². The molecule has 2 heterocycles. The van der Waals surface area contributed by atoms with Crippen LogP contribution < -0.4 is 0 Å². The van der Waals surface area contributed by atoms with Gasteiger partial charge in [0.1, 0.15) is 0 Å². The minimum Gasteiger partial charge on any atom is -0.395 e. The number of hydrogen-bond acceptors (Lipinski definition) is 5. The van der Waals surface area contributed by atoms with Crippen LogP contribution in [0.3, 0.4) is 0 Å². The summed E-state index contributed by atoms with van der Waals surface area (Å²) in [5.74, 6) is -0.692. The van der Waals surface area contributed by atoms with Gasteiger partial charge >= 0.3 is 0 Å². The van der Waals surface area contributed by atoms with E-state index in [0.29, 0.717) is 30.8 Å². The first-order valence-electron chi connectivity index (χ1n) is 8.18. The zero-order valence-corrected chi connectivity index (χ0v) is 14.7. The van der Waals surface area contributed by atoms with Crippen LogP contribution in [0.25, 0.3) is 0 Å². The number of halogens is 1. The third kappa shape index (κ3) is 4.00. The summed E-state index contributed by atoms with van der Waals surface area (Å²) < 4.78 is 0. The number of carbonyl (C=O) groups is 3. The number of β-amino-alcohol motifs (C(OH)–C–C–N with tert-alkyl or cyclic N) is 1. The molecule has 1 aromatic carbocycles. The minimum absolute atomic E-state index is 0. The second-order valence-corrected chi connectivity index (χ2v) is 6.00. The third-order valence-electron chi connectivity index (χ3n) is 4.57. The van der Waals surface area contributed by atoms with Gasteiger partial charge in [-0.25, -0.2) is 0 Å². The molecule has 2 aliphatic heterocycles. The zero-order valence-electron chi connectivity index (χ0n) is 13.9. The van der Waals surface area contributed by atoms with Crippen molar-refractivity contribution in [3.05, 3.63) is 35.4 Å². The molecule has 2 aliphatic rings. The molecule has 25 heavy (non-hydrogen) atoms. The Kier molecular flexibility index (Phi) is 6.52. The van der Waals surface area contributed by atoms with Crippen LogP contribution in [0.15, 0.2) is 24.3 Å². The van der Waals surface area contributed by atoms with Gasteiger partial charge in [-0.05, 0) is 12.1 Å².